The first-order valence-electron chi connectivity index (χ1n) is 10.0. The Labute approximate surface area is 200 Å². The van der Waals surface area contributed by atoms with E-state index in [1.165, 1.54) is 28.7 Å². The molecular formula is C22H20ClF3N4O3S. The highest BCUT2D eigenvalue weighted by molar-refractivity contribution is 7.89. The van der Waals surface area contributed by atoms with Gasteiger partial charge in [-0.25, -0.2) is 8.42 Å². The number of carbonyl (C=O) groups excluding carboxylic acids is 1. The summed E-state index contributed by atoms with van der Waals surface area (Å²) in [4.78, 5) is 14.2. The summed E-state index contributed by atoms with van der Waals surface area (Å²) in [5.74, 6) is -0.896. The minimum atomic E-state index is -4.70. The Balaban J connectivity index is 1.67. The summed E-state index contributed by atoms with van der Waals surface area (Å²) in [7, 11) is -3.67. The first kappa shape index (κ1) is 25.6. The van der Waals surface area contributed by atoms with Crippen LogP contribution in [0.5, 0.6) is 0 Å². The van der Waals surface area contributed by atoms with Gasteiger partial charge >= 0.3 is 6.18 Å². The Morgan fingerprint density at radius 1 is 1.12 bits per heavy atom. The second-order valence-corrected chi connectivity index (χ2v) is 9.90. The first-order chi connectivity index (χ1) is 15.9. The Bertz CT molecular complexity index is 1250. The predicted molar refractivity (Wildman–Crippen MR) is 120 cm³/mol. The number of aryl methyl sites for hydroxylation is 1. The average Bonchev–Trinajstić information content (AvgIpc) is 2.78. The number of hydrogen-bond donors (Lipinski definition) is 1. The molecule has 3 rings (SSSR count). The molecule has 0 bridgehead atoms. The maximum atomic E-state index is 13.0. The highest BCUT2D eigenvalue weighted by atomic mass is 35.5. The van der Waals surface area contributed by atoms with Crippen molar-refractivity contribution in [1.82, 2.24) is 9.21 Å². The molecule has 1 amide bonds. The molecule has 1 heterocycles. The average molecular weight is 513 g/mol. The molecule has 0 radical (unpaired) electrons. The lowest BCUT2D eigenvalue weighted by molar-refractivity contribution is -0.137. The number of anilines is 1. The van der Waals surface area contributed by atoms with Gasteiger partial charge in [-0.1, -0.05) is 29.3 Å². The third kappa shape index (κ3) is 5.88. The van der Waals surface area contributed by atoms with Gasteiger partial charge in [0.2, 0.25) is 10.0 Å². The van der Waals surface area contributed by atoms with Crippen LogP contribution >= 0.6 is 11.6 Å². The lowest BCUT2D eigenvalue weighted by Gasteiger charge is -2.33. The van der Waals surface area contributed by atoms with Crippen LogP contribution in [0.3, 0.4) is 0 Å². The number of alkyl halides is 3. The molecule has 1 fully saturated rings. The monoisotopic (exact) mass is 512 g/mol. The van der Waals surface area contributed by atoms with E-state index < -0.39 is 32.7 Å². The molecule has 180 valence electrons. The molecule has 1 N–H and O–H groups in total. The van der Waals surface area contributed by atoms with Gasteiger partial charge in [0.05, 0.1) is 15.5 Å². The normalized spacial score (nSPS) is 15.6. The van der Waals surface area contributed by atoms with Crippen molar-refractivity contribution >= 4 is 33.2 Å². The molecule has 0 aromatic heterocycles. The van der Waals surface area contributed by atoms with Crippen molar-refractivity contribution in [3.8, 4) is 6.07 Å². The molecule has 2 aromatic rings. The number of piperazine rings is 1. The van der Waals surface area contributed by atoms with Crippen LogP contribution < -0.4 is 5.32 Å². The molecule has 0 spiro atoms. The summed E-state index contributed by atoms with van der Waals surface area (Å²) in [5.41, 5.74) is -0.681. The van der Waals surface area contributed by atoms with Gasteiger partial charge in [0.15, 0.2) is 0 Å². The Hall–Kier alpha value is -3.07. The summed E-state index contributed by atoms with van der Waals surface area (Å²) in [5, 5.41) is 11.1. The van der Waals surface area contributed by atoms with Gasteiger partial charge in [-0.15, -0.1) is 0 Å². The second kappa shape index (κ2) is 10.0. The smallest absolute Gasteiger partial charge is 0.373 e. The van der Waals surface area contributed by atoms with Crippen molar-refractivity contribution in [3.63, 3.8) is 0 Å². The number of halogens is 4. The van der Waals surface area contributed by atoms with Crippen LogP contribution in [0.15, 0.2) is 59.1 Å². The predicted octanol–water partition coefficient (Wildman–Crippen LogP) is 4.02. The molecule has 1 saturated heterocycles. The molecule has 0 atom stereocenters. The summed E-state index contributed by atoms with van der Waals surface area (Å²) in [6.45, 7) is 2.58. The summed E-state index contributed by atoms with van der Waals surface area (Å²) >= 11 is 5.58. The Morgan fingerprint density at radius 2 is 1.74 bits per heavy atom. The van der Waals surface area contributed by atoms with Crippen LogP contribution in [-0.4, -0.2) is 49.7 Å². The van der Waals surface area contributed by atoms with E-state index in [4.69, 9.17) is 11.6 Å². The zero-order valence-corrected chi connectivity index (χ0v) is 19.5. The van der Waals surface area contributed by atoms with Gasteiger partial charge in [0.25, 0.3) is 5.91 Å². The van der Waals surface area contributed by atoms with Crippen molar-refractivity contribution in [1.29, 1.82) is 5.26 Å². The molecular weight excluding hydrogens is 493 g/mol. The van der Waals surface area contributed by atoms with Gasteiger partial charge in [0, 0.05) is 38.1 Å². The Morgan fingerprint density at radius 3 is 2.29 bits per heavy atom. The van der Waals surface area contributed by atoms with Crippen LogP contribution in [0.25, 0.3) is 0 Å². The minimum Gasteiger partial charge on any atom is -0.373 e. The highest BCUT2D eigenvalue weighted by Gasteiger charge is 2.33. The van der Waals surface area contributed by atoms with Gasteiger partial charge in [0.1, 0.15) is 11.6 Å². The fourth-order valence-corrected chi connectivity index (χ4v) is 4.92. The molecule has 1 aliphatic heterocycles. The molecule has 34 heavy (non-hydrogen) atoms. The molecule has 0 unspecified atom stereocenters. The van der Waals surface area contributed by atoms with Crippen LogP contribution in [0.2, 0.25) is 5.02 Å². The third-order valence-electron chi connectivity index (χ3n) is 5.14. The third-order valence-corrected chi connectivity index (χ3v) is 7.38. The number of rotatable bonds is 5. The maximum Gasteiger partial charge on any atom is 0.417 e. The minimum absolute atomic E-state index is 0.138. The maximum absolute atomic E-state index is 13.0. The number of nitrogens with zero attached hydrogens (tertiary/aromatic N) is 3. The van der Waals surface area contributed by atoms with E-state index in [1.807, 2.05) is 6.92 Å². The summed E-state index contributed by atoms with van der Waals surface area (Å²) < 4.78 is 66.0. The summed E-state index contributed by atoms with van der Waals surface area (Å²) in [6, 6.07) is 11.1. The second-order valence-electron chi connectivity index (χ2n) is 7.55. The molecule has 7 nitrogen and oxygen atoms in total. The lowest BCUT2D eigenvalue weighted by atomic mass is 10.2. The molecule has 0 aliphatic carbocycles. The van der Waals surface area contributed by atoms with E-state index in [0.29, 0.717) is 6.07 Å². The quantitative estimate of drug-likeness (QED) is 0.482. The van der Waals surface area contributed by atoms with E-state index in [0.717, 1.165) is 11.6 Å². The standard InChI is InChI=1S/C22H20ClF3N4O3S/c1-15-2-5-18(6-3-15)34(32,33)30-10-8-29(9-11-30)14-16(13-27)21(31)28-17-4-7-20(23)19(12-17)22(24,25)26/h2-7,12,14H,8-11H2,1H3,(H,28,31)/b16-14-. The highest BCUT2D eigenvalue weighted by Crippen LogP contribution is 2.36. The lowest BCUT2D eigenvalue weighted by Crippen LogP contribution is -2.46. The zero-order valence-electron chi connectivity index (χ0n) is 17.9. The number of sulfonamides is 1. The fourth-order valence-electron chi connectivity index (χ4n) is 3.27. The van der Waals surface area contributed by atoms with Crippen molar-refractivity contribution in [2.24, 2.45) is 0 Å². The number of carbonyl (C=O) groups is 1. The van der Waals surface area contributed by atoms with Gasteiger partial charge in [-0.2, -0.15) is 22.7 Å². The molecule has 0 saturated carbocycles. The fraction of sp³-hybridized carbons (Fsp3) is 0.273. The number of nitrogens with one attached hydrogen (secondary N) is 1. The number of amides is 1. The van der Waals surface area contributed by atoms with Crippen molar-refractivity contribution in [2.45, 2.75) is 18.0 Å². The Kier molecular flexibility index (Phi) is 7.55. The van der Waals surface area contributed by atoms with Crippen LogP contribution in [0.1, 0.15) is 11.1 Å². The first-order valence-corrected chi connectivity index (χ1v) is 11.8. The SMILES string of the molecule is Cc1ccc(S(=O)(=O)N2CCN(/C=C(/C#N)C(=O)Nc3ccc(Cl)c(C(F)(F)F)c3)CC2)cc1. The van der Waals surface area contributed by atoms with Gasteiger partial charge < -0.3 is 10.2 Å². The van der Waals surface area contributed by atoms with Crippen LogP contribution in [0, 0.1) is 18.3 Å². The van der Waals surface area contributed by atoms with Crippen molar-refractivity contribution < 1.29 is 26.4 Å². The molecule has 1 aliphatic rings. The van der Waals surface area contributed by atoms with E-state index in [1.54, 1.807) is 23.1 Å². The van der Waals surface area contributed by atoms with E-state index in [9.17, 15) is 31.6 Å². The zero-order chi connectivity index (χ0) is 25.1. The number of nitriles is 1. The van der Waals surface area contributed by atoms with Crippen LogP contribution in [-0.2, 0) is 21.0 Å². The van der Waals surface area contributed by atoms with Gasteiger partial charge in [-0.05, 0) is 37.3 Å². The molecule has 12 heteroatoms. The summed E-state index contributed by atoms with van der Waals surface area (Å²) in [6.07, 6.45) is -3.43. The molecule has 2 aromatic carbocycles. The van der Waals surface area contributed by atoms with E-state index in [-0.39, 0.29) is 42.3 Å². The van der Waals surface area contributed by atoms with Crippen LogP contribution in [0.4, 0.5) is 18.9 Å². The number of benzene rings is 2. The van der Waals surface area contributed by atoms with Gasteiger partial charge in [-0.3, -0.25) is 4.79 Å². The largest absolute Gasteiger partial charge is 0.417 e. The van der Waals surface area contributed by atoms with Crippen molar-refractivity contribution in [3.05, 3.63) is 70.4 Å². The van der Waals surface area contributed by atoms with E-state index in [2.05, 4.69) is 5.32 Å². The number of hydrogen-bond acceptors (Lipinski definition) is 5. The van der Waals surface area contributed by atoms with Crippen molar-refractivity contribution in [2.75, 3.05) is 31.5 Å². The van der Waals surface area contributed by atoms with E-state index >= 15 is 0 Å². The topological polar surface area (TPSA) is 93.5 Å².